The molecular formula is C29H30N4O. The Balaban J connectivity index is 1.47. The molecule has 1 fully saturated rings. The first-order valence-electron chi connectivity index (χ1n) is 11.9. The van der Waals surface area contributed by atoms with Crippen LogP contribution >= 0.6 is 0 Å². The molecule has 5 rings (SSSR count). The van der Waals surface area contributed by atoms with Gasteiger partial charge >= 0.3 is 0 Å². The second-order valence-electron chi connectivity index (χ2n) is 8.98. The van der Waals surface area contributed by atoms with Crippen LogP contribution in [0.5, 0.6) is 0 Å². The molecule has 1 unspecified atom stereocenters. The third-order valence-electron chi connectivity index (χ3n) is 6.57. The summed E-state index contributed by atoms with van der Waals surface area (Å²) in [6.07, 6.45) is 0. The monoisotopic (exact) mass is 450 g/mol. The van der Waals surface area contributed by atoms with E-state index in [9.17, 15) is 4.79 Å². The summed E-state index contributed by atoms with van der Waals surface area (Å²) in [6, 6.07) is 30.0. The highest BCUT2D eigenvalue weighted by atomic mass is 16.1. The van der Waals surface area contributed by atoms with Crippen LogP contribution in [0.1, 0.15) is 22.0 Å². The molecule has 1 atom stereocenters. The molecule has 0 saturated carbocycles. The first-order valence-corrected chi connectivity index (χ1v) is 11.9. The molecule has 1 aliphatic heterocycles. The van der Waals surface area contributed by atoms with Crippen molar-refractivity contribution in [2.45, 2.75) is 6.04 Å². The quantitative estimate of drug-likeness (QED) is 0.466. The molecule has 1 saturated heterocycles. The number of carbonyl (C=O) groups is 1. The van der Waals surface area contributed by atoms with Gasteiger partial charge in [-0.25, -0.2) is 4.98 Å². The number of para-hydroxylation sites is 1. The van der Waals surface area contributed by atoms with Crippen LogP contribution in [-0.2, 0) is 0 Å². The molecule has 172 valence electrons. The highest BCUT2D eigenvalue weighted by Gasteiger charge is 2.23. The van der Waals surface area contributed by atoms with Crippen LogP contribution in [0.3, 0.4) is 0 Å². The average molecular weight is 451 g/mol. The number of aromatic nitrogens is 1. The van der Waals surface area contributed by atoms with E-state index in [1.807, 2.05) is 78.9 Å². The van der Waals surface area contributed by atoms with Gasteiger partial charge in [-0.1, -0.05) is 78.9 Å². The number of amides is 1. The minimum atomic E-state index is -0.0933. The van der Waals surface area contributed by atoms with Crippen LogP contribution in [0.15, 0.2) is 91.0 Å². The number of hydrogen-bond acceptors (Lipinski definition) is 4. The maximum atomic E-state index is 13.8. The average Bonchev–Trinajstić information content (AvgIpc) is 2.90. The third-order valence-corrected chi connectivity index (χ3v) is 6.57. The van der Waals surface area contributed by atoms with Gasteiger partial charge in [0.1, 0.15) is 0 Å². The highest BCUT2D eigenvalue weighted by Crippen LogP contribution is 2.26. The molecule has 1 aromatic heterocycles. The summed E-state index contributed by atoms with van der Waals surface area (Å²) in [5.41, 5.74) is 4.41. The number of rotatable bonds is 6. The van der Waals surface area contributed by atoms with Gasteiger partial charge in [-0.2, -0.15) is 0 Å². The maximum absolute atomic E-state index is 13.8. The summed E-state index contributed by atoms with van der Waals surface area (Å²) in [5, 5.41) is 4.22. The van der Waals surface area contributed by atoms with Crippen LogP contribution in [-0.4, -0.2) is 60.5 Å². The summed E-state index contributed by atoms with van der Waals surface area (Å²) in [7, 11) is 2.16. The Morgan fingerprint density at radius 3 is 2.26 bits per heavy atom. The zero-order chi connectivity index (χ0) is 23.3. The lowest BCUT2D eigenvalue weighted by Gasteiger charge is -2.35. The molecule has 5 heteroatoms. The minimum absolute atomic E-state index is 0.0706. The highest BCUT2D eigenvalue weighted by molar-refractivity contribution is 6.07. The van der Waals surface area contributed by atoms with E-state index in [4.69, 9.17) is 4.98 Å². The summed E-state index contributed by atoms with van der Waals surface area (Å²) in [4.78, 5) is 23.4. The first-order chi connectivity index (χ1) is 16.7. The largest absolute Gasteiger partial charge is 0.344 e. The van der Waals surface area contributed by atoms with Gasteiger partial charge in [-0.05, 0) is 24.7 Å². The molecular weight excluding hydrogens is 420 g/mol. The number of hydrogen-bond donors (Lipinski definition) is 1. The number of fused-ring (bicyclic) bond motifs is 1. The van der Waals surface area contributed by atoms with Crippen LogP contribution in [0.4, 0.5) is 0 Å². The lowest BCUT2D eigenvalue weighted by molar-refractivity contribution is 0.0909. The smallest absolute Gasteiger partial charge is 0.252 e. The number of piperazine rings is 1. The van der Waals surface area contributed by atoms with Crippen molar-refractivity contribution in [3.63, 3.8) is 0 Å². The van der Waals surface area contributed by atoms with Crippen molar-refractivity contribution in [3.05, 3.63) is 102 Å². The molecule has 0 spiro atoms. The van der Waals surface area contributed by atoms with E-state index in [2.05, 4.69) is 34.3 Å². The number of benzene rings is 3. The number of carbonyl (C=O) groups excluding carboxylic acids is 1. The summed E-state index contributed by atoms with van der Waals surface area (Å²) >= 11 is 0. The van der Waals surface area contributed by atoms with E-state index < -0.39 is 0 Å². The summed E-state index contributed by atoms with van der Waals surface area (Å²) in [6.45, 7) is 4.89. The fourth-order valence-electron chi connectivity index (χ4n) is 4.56. The predicted octanol–water partition coefficient (Wildman–Crippen LogP) is 4.62. The first kappa shape index (κ1) is 22.3. The molecule has 0 aliphatic carbocycles. The van der Waals surface area contributed by atoms with Crippen LogP contribution in [0.25, 0.3) is 22.2 Å². The standard InChI is InChI=1S/C29H30N4O/c1-32-16-18-33(19-17-32)21-28(23-12-6-3-7-13-23)31-29(34)25-20-27(22-10-4-2-5-11-22)30-26-15-9-8-14-24(25)26/h2-15,20,28H,16-19,21H2,1H3,(H,31,34). The molecule has 1 N–H and O–H groups in total. The van der Waals surface area contributed by atoms with E-state index >= 15 is 0 Å². The Bertz CT molecular complexity index is 1250. The van der Waals surface area contributed by atoms with Gasteiger partial charge in [0.2, 0.25) is 0 Å². The molecule has 1 aliphatic rings. The van der Waals surface area contributed by atoms with Gasteiger partial charge in [0.25, 0.3) is 5.91 Å². The van der Waals surface area contributed by atoms with E-state index in [0.717, 1.165) is 60.4 Å². The number of nitrogens with one attached hydrogen (secondary N) is 1. The molecule has 3 aromatic carbocycles. The van der Waals surface area contributed by atoms with Gasteiger partial charge < -0.3 is 10.2 Å². The maximum Gasteiger partial charge on any atom is 0.252 e. The molecule has 0 bridgehead atoms. The normalized spacial score (nSPS) is 15.8. The van der Waals surface area contributed by atoms with Gasteiger partial charge in [0, 0.05) is 43.7 Å². The zero-order valence-corrected chi connectivity index (χ0v) is 19.5. The summed E-state index contributed by atoms with van der Waals surface area (Å²) < 4.78 is 0. The van der Waals surface area contributed by atoms with Gasteiger partial charge in [-0.3, -0.25) is 9.69 Å². The van der Waals surface area contributed by atoms with E-state index in [1.165, 1.54) is 0 Å². The number of nitrogens with zero attached hydrogens (tertiary/aromatic N) is 3. The molecule has 4 aromatic rings. The predicted molar refractivity (Wildman–Crippen MR) is 138 cm³/mol. The van der Waals surface area contributed by atoms with Gasteiger partial charge in [0.05, 0.1) is 22.8 Å². The van der Waals surface area contributed by atoms with E-state index in [-0.39, 0.29) is 11.9 Å². The zero-order valence-electron chi connectivity index (χ0n) is 19.5. The van der Waals surface area contributed by atoms with Crippen molar-refractivity contribution in [3.8, 4) is 11.3 Å². The Kier molecular flexibility index (Phi) is 6.65. The van der Waals surface area contributed by atoms with E-state index in [1.54, 1.807) is 0 Å². The SMILES string of the molecule is CN1CCN(CC(NC(=O)c2cc(-c3ccccc3)nc3ccccc23)c2ccccc2)CC1. The summed E-state index contributed by atoms with van der Waals surface area (Å²) in [5.74, 6) is -0.0706. The molecule has 1 amide bonds. The Labute approximate surface area is 201 Å². The van der Waals surface area contributed by atoms with Crippen molar-refractivity contribution in [1.82, 2.24) is 20.1 Å². The fourth-order valence-corrected chi connectivity index (χ4v) is 4.56. The fraction of sp³-hybridized carbons (Fsp3) is 0.241. The molecule has 5 nitrogen and oxygen atoms in total. The number of pyridine rings is 1. The minimum Gasteiger partial charge on any atom is -0.344 e. The Hall–Kier alpha value is -3.54. The second kappa shape index (κ2) is 10.2. The number of likely N-dealkylation sites (N-methyl/N-ethyl adjacent to an activating group) is 1. The molecule has 0 radical (unpaired) electrons. The van der Waals surface area contributed by atoms with Gasteiger partial charge in [0.15, 0.2) is 0 Å². The second-order valence-corrected chi connectivity index (χ2v) is 8.98. The lowest BCUT2D eigenvalue weighted by atomic mass is 10.0. The van der Waals surface area contributed by atoms with Crippen molar-refractivity contribution < 1.29 is 4.79 Å². The van der Waals surface area contributed by atoms with Crippen molar-refractivity contribution in [2.75, 3.05) is 39.8 Å². The third kappa shape index (κ3) is 5.01. The van der Waals surface area contributed by atoms with Crippen LogP contribution in [0.2, 0.25) is 0 Å². The lowest BCUT2D eigenvalue weighted by Crippen LogP contribution is -2.47. The van der Waals surface area contributed by atoms with Crippen molar-refractivity contribution in [2.24, 2.45) is 0 Å². The van der Waals surface area contributed by atoms with Crippen LogP contribution in [0, 0.1) is 0 Å². The van der Waals surface area contributed by atoms with Crippen molar-refractivity contribution >= 4 is 16.8 Å². The molecule has 2 heterocycles. The molecule has 34 heavy (non-hydrogen) atoms. The topological polar surface area (TPSA) is 48.5 Å². The Morgan fingerprint density at radius 2 is 1.53 bits per heavy atom. The Morgan fingerprint density at radius 1 is 0.882 bits per heavy atom. The van der Waals surface area contributed by atoms with Crippen LogP contribution < -0.4 is 5.32 Å². The van der Waals surface area contributed by atoms with Gasteiger partial charge in [-0.15, -0.1) is 0 Å². The van der Waals surface area contributed by atoms with E-state index in [0.29, 0.717) is 5.56 Å². The van der Waals surface area contributed by atoms with Crippen molar-refractivity contribution in [1.29, 1.82) is 0 Å².